The van der Waals surface area contributed by atoms with E-state index in [1.54, 1.807) is 18.9 Å². The van der Waals surface area contributed by atoms with Crippen molar-refractivity contribution in [3.63, 3.8) is 0 Å². The molecule has 0 aliphatic carbocycles. The van der Waals surface area contributed by atoms with E-state index in [-0.39, 0.29) is 24.0 Å². The van der Waals surface area contributed by atoms with Crippen molar-refractivity contribution in [1.29, 1.82) is 0 Å². The standard InChI is InChI=1S/C23H32N4O4/c1-4-9-24-22(30)26-10-7-23(8-11-26)14-27(15(2)29)19(13-28)21-20(23)17-6-5-16(31-3)12-18(17)25-21/h5-6,12,19,25,28H,4,7-11,13-14H2,1-3H3,(H,24,30)/t19-/m1/s1. The molecule has 3 N–H and O–H groups in total. The van der Waals surface area contributed by atoms with E-state index in [2.05, 4.69) is 16.4 Å². The number of hydrogen-bond donors (Lipinski definition) is 3. The van der Waals surface area contributed by atoms with Gasteiger partial charge < -0.3 is 29.9 Å². The Hall–Kier alpha value is -2.74. The summed E-state index contributed by atoms with van der Waals surface area (Å²) in [6.45, 7) is 5.93. The largest absolute Gasteiger partial charge is 0.497 e. The van der Waals surface area contributed by atoms with Gasteiger partial charge in [0, 0.05) is 61.2 Å². The molecule has 3 heterocycles. The number of fused-ring (bicyclic) bond motifs is 4. The molecule has 0 radical (unpaired) electrons. The monoisotopic (exact) mass is 428 g/mol. The number of ether oxygens (including phenoxy) is 1. The van der Waals surface area contributed by atoms with Gasteiger partial charge in [0.2, 0.25) is 5.91 Å². The van der Waals surface area contributed by atoms with Crippen molar-refractivity contribution in [1.82, 2.24) is 20.1 Å². The molecule has 8 heteroatoms. The predicted octanol–water partition coefficient (Wildman–Crippen LogP) is 2.53. The molecular formula is C23H32N4O4. The Balaban J connectivity index is 1.75. The molecule has 8 nitrogen and oxygen atoms in total. The summed E-state index contributed by atoms with van der Waals surface area (Å²) < 4.78 is 5.39. The number of H-pyrrole nitrogens is 1. The van der Waals surface area contributed by atoms with Crippen LogP contribution in [0.3, 0.4) is 0 Å². The molecule has 1 spiro atoms. The van der Waals surface area contributed by atoms with Crippen LogP contribution in [-0.2, 0) is 10.2 Å². The number of carbonyl (C=O) groups excluding carboxylic acids is 2. The molecule has 1 saturated heterocycles. The topological polar surface area (TPSA) is 97.9 Å². The first-order valence-corrected chi connectivity index (χ1v) is 11.0. The number of benzene rings is 1. The molecule has 3 amide bonds. The predicted molar refractivity (Wildman–Crippen MR) is 118 cm³/mol. The first kappa shape index (κ1) is 21.5. The van der Waals surface area contributed by atoms with Gasteiger partial charge in [0.15, 0.2) is 0 Å². The van der Waals surface area contributed by atoms with Crippen LogP contribution in [0.15, 0.2) is 18.2 Å². The third-order valence-corrected chi connectivity index (χ3v) is 6.86. The van der Waals surface area contributed by atoms with Gasteiger partial charge in [-0.3, -0.25) is 4.79 Å². The van der Waals surface area contributed by atoms with E-state index in [9.17, 15) is 14.7 Å². The number of nitrogens with zero attached hydrogens (tertiary/aromatic N) is 2. The molecule has 1 fully saturated rings. The summed E-state index contributed by atoms with van der Waals surface area (Å²) in [5.74, 6) is 0.704. The quantitative estimate of drug-likeness (QED) is 0.697. The third-order valence-electron chi connectivity index (χ3n) is 6.86. The van der Waals surface area contributed by atoms with Crippen LogP contribution in [0.25, 0.3) is 10.9 Å². The second-order valence-corrected chi connectivity index (χ2v) is 8.67. The van der Waals surface area contributed by atoms with Crippen molar-refractivity contribution in [2.24, 2.45) is 0 Å². The van der Waals surface area contributed by atoms with Crippen molar-refractivity contribution in [3.8, 4) is 5.75 Å². The number of amides is 3. The zero-order valence-electron chi connectivity index (χ0n) is 18.5. The van der Waals surface area contributed by atoms with Crippen LogP contribution in [0.5, 0.6) is 5.75 Å². The van der Waals surface area contributed by atoms with Crippen LogP contribution in [0.4, 0.5) is 4.79 Å². The van der Waals surface area contributed by atoms with E-state index < -0.39 is 6.04 Å². The van der Waals surface area contributed by atoms with Crippen LogP contribution >= 0.6 is 0 Å². The number of aromatic nitrogens is 1. The Morgan fingerprint density at radius 2 is 2.06 bits per heavy atom. The Kier molecular flexibility index (Phi) is 5.83. The number of urea groups is 1. The van der Waals surface area contributed by atoms with Gasteiger partial charge in [0.1, 0.15) is 5.75 Å². The smallest absolute Gasteiger partial charge is 0.317 e. The molecule has 1 aromatic carbocycles. The fourth-order valence-corrected chi connectivity index (χ4v) is 5.23. The molecule has 31 heavy (non-hydrogen) atoms. The average molecular weight is 429 g/mol. The summed E-state index contributed by atoms with van der Waals surface area (Å²) in [5.41, 5.74) is 2.75. The first-order chi connectivity index (χ1) is 14.9. The van der Waals surface area contributed by atoms with Crippen LogP contribution in [0, 0.1) is 0 Å². The maximum atomic E-state index is 12.5. The van der Waals surface area contributed by atoms with Gasteiger partial charge in [0.25, 0.3) is 0 Å². The minimum atomic E-state index is -0.401. The van der Waals surface area contributed by atoms with E-state index in [1.165, 1.54) is 5.56 Å². The minimum Gasteiger partial charge on any atom is -0.497 e. The van der Waals surface area contributed by atoms with Gasteiger partial charge in [-0.15, -0.1) is 0 Å². The molecule has 0 bridgehead atoms. The highest BCUT2D eigenvalue weighted by molar-refractivity contribution is 5.88. The van der Waals surface area contributed by atoms with Crippen LogP contribution in [0.1, 0.15) is 50.4 Å². The molecule has 0 unspecified atom stereocenters. The van der Waals surface area contributed by atoms with Gasteiger partial charge in [-0.25, -0.2) is 4.79 Å². The lowest BCUT2D eigenvalue weighted by atomic mass is 9.68. The molecule has 0 saturated carbocycles. The van der Waals surface area contributed by atoms with Gasteiger partial charge in [-0.2, -0.15) is 0 Å². The van der Waals surface area contributed by atoms with Gasteiger partial charge >= 0.3 is 6.03 Å². The third kappa shape index (κ3) is 3.63. The summed E-state index contributed by atoms with van der Waals surface area (Å²) in [4.78, 5) is 32.1. The summed E-state index contributed by atoms with van der Waals surface area (Å²) in [6, 6.07) is 5.54. The second-order valence-electron chi connectivity index (χ2n) is 8.67. The van der Waals surface area contributed by atoms with Gasteiger partial charge in [-0.1, -0.05) is 6.92 Å². The molecule has 168 valence electrons. The van der Waals surface area contributed by atoms with E-state index in [0.29, 0.717) is 26.2 Å². The van der Waals surface area contributed by atoms with E-state index in [0.717, 1.165) is 41.6 Å². The number of methoxy groups -OCH3 is 1. The van der Waals surface area contributed by atoms with Gasteiger partial charge in [-0.05, 0) is 37.0 Å². The molecule has 2 aliphatic rings. The Labute approximate surface area is 182 Å². The minimum absolute atomic E-state index is 0.0203. The summed E-state index contributed by atoms with van der Waals surface area (Å²) >= 11 is 0. The fraction of sp³-hybridized carbons (Fsp3) is 0.565. The molecule has 2 aliphatic heterocycles. The SMILES string of the molecule is CCCNC(=O)N1CCC2(CC1)CN(C(C)=O)[C@H](CO)c1[nH]c3cc(OC)ccc3c12. The maximum Gasteiger partial charge on any atom is 0.317 e. The number of likely N-dealkylation sites (tertiary alicyclic amines) is 1. The lowest BCUT2D eigenvalue weighted by Gasteiger charge is -2.50. The summed E-state index contributed by atoms with van der Waals surface area (Å²) in [6.07, 6.45) is 2.43. The van der Waals surface area contributed by atoms with E-state index >= 15 is 0 Å². The highest BCUT2D eigenvalue weighted by Gasteiger charge is 2.48. The zero-order chi connectivity index (χ0) is 22.2. The zero-order valence-corrected chi connectivity index (χ0v) is 18.5. The summed E-state index contributed by atoms with van der Waals surface area (Å²) in [5, 5.41) is 14.2. The van der Waals surface area contributed by atoms with Crippen molar-refractivity contribution in [2.75, 3.05) is 39.9 Å². The van der Waals surface area contributed by atoms with Crippen molar-refractivity contribution in [2.45, 2.75) is 44.6 Å². The lowest BCUT2D eigenvalue weighted by Crippen LogP contribution is -2.56. The summed E-state index contributed by atoms with van der Waals surface area (Å²) in [7, 11) is 1.64. The van der Waals surface area contributed by atoms with Crippen molar-refractivity contribution < 1.29 is 19.4 Å². The van der Waals surface area contributed by atoms with E-state index in [1.807, 2.05) is 24.0 Å². The number of nitrogens with one attached hydrogen (secondary N) is 2. The molecule has 1 aromatic heterocycles. The highest BCUT2D eigenvalue weighted by atomic mass is 16.5. The maximum absolute atomic E-state index is 12.5. The normalized spacial score (nSPS) is 20.1. The average Bonchev–Trinajstić information content (AvgIpc) is 3.17. The molecular weight excluding hydrogens is 396 g/mol. The lowest BCUT2D eigenvalue weighted by molar-refractivity contribution is -0.134. The molecule has 4 rings (SSSR count). The number of carbonyl (C=O) groups is 2. The van der Waals surface area contributed by atoms with Crippen LogP contribution < -0.4 is 10.1 Å². The number of aliphatic hydroxyl groups is 1. The molecule has 2 aromatic rings. The first-order valence-electron chi connectivity index (χ1n) is 11.0. The number of rotatable bonds is 4. The Bertz CT molecular complexity index is 977. The number of hydrogen-bond acceptors (Lipinski definition) is 4. The number of aromatic amines is 1. The second kappa shape index (κ2) is 8.42. The highest BCUT2D eigenvalue weighted by Crippen LogP contribution is 2.49. The van der Waals surface area contributed by atoms with Gasteiger partial charge in [0.05, 0.1) is 19.8 Å². The fourth-order valence-electron chi connectivity index (χ4n) is 5.23. The van der Waals surface area contributed by atoms with Crippen LogP contribution in [-0.4, -0.2) is 71.7 Å². The van der Waals surface area contributed by atoms with Crippen molar-refractivity contribution in [3.05, 3.63) is 29.5 Å². The Morgan fingerprint density at radius 3 is 2.68 bits per heavy atom. The number of aliphatic hydroxyl groups excluding tert-OH is 1. The van der Waals surface area contributed by atoms with Crippen LogP contribution in [0.2, 0.25) is 0 Å². The number of piperidine rings is 1. The Morgan fingerprint density at radius 1 is 1.32 bits per heavy atom. The van der Waals surface area contributed by atoms with Crippen molar-refractivity contribution >= 4 is 22.8 Å². The van der Waals surface area contributed by atoms with E-state index in [4.69, 9.17) is 4.74 Å². The molecule has 1 atom stereocenters.